The van der Waals surface area contributed by atoms with Crippen molar-refractivity contribution in [3.8, 4) is 5.75 Å². The van der Waals surface area contributed by atoms with Gasteiger partial charge in [0, 0.05) is 49.2 Å². The molecule has 2 aliphatic heterocycles. The summed E-state index contributed by atoms with van der Waals surface area (Å²) in [5, 5.41) is 14.5. The van der Waals surface area contributed by atoms with E-state index in [4.69, 9.17) is 9.84 Å². The number of nitrogens with one attached hydrogen (secondary N) is 2. The van der Waals surface area contributed by atoms with Crippen LogP contribution in [0.2, 0.25) is 0 Å². The highest BCUT2D eigenvalue weighted by atomic mass is 16.5. The Kier molecular flexibility index (Phi) is 7.76. The molecule has 0 saturated carbocycles. The first-order valence-corrected chi connectivity index (χ1v) is 13.2. The number of aliphatic carboxylic acids is 1. The molecule has 11 heteroatoms. The monoisotopic (exact) mass is 545 g/mol. The van der Waals surface area contributed by atoms with Gasteiger partial charge in [-0.2, -0.15) is 0 Å². The summed E-state index contributed by atoms with van der Waals surface area (Å²) in [6.07, 6.45) is 0.606. The van der Waals surface area contributed by atoms with E-state index >= 15 is 0 Å². The predicted octanol–water partition coefficient (Wildman–Crippen LogP) is 2.17. The first kappa shape index (κ1) is 27.2. The summed E-state index contributed by atoms with van der Waals surface area (Å²) in [4.78, 5) is 58.0. The Labute approximate surface area is 231 Å². The Balaban J connectivity index is 1.35. The third-order valence-corrected chi connectivity index (χ3v) is 7.42. The van der Waals surface area contributed by atoms with Gasteiger partial charge in [0.05, 0.1) is 5.52 Å². The predicted molar refractivity (Wildman–Crippen MR) is 145 cm³/mol. The van der Waals surface area contributed by atoms with Crippen molar-refractivity contribution in [3.05, 3.63) is 71.4 Å². The molecular weight excluding hydrogens is 514 g/mol. The quantitative estimate of drug-likeness (QED) is 0.345. The smallest absolute Gasteiger partial charge is 0.328 e. The van der Waals surface area contributed by atoms with Gasteiger partial charge in [-0.05, 0) is 49.7 Å². The molecule has 3 N–H and O–H groups in total. The molecule has 0 aliphatic carbocycles. The molecule has 5 rings (SSSR count). The summed E-state index contributed by atoms with van der Waals surface area (Å²) in [6.45, 7) is 4.73. The minimum atomic E-state index is -1.72. The number of ether oxygens (including phenoxy) is 1. The molecule has 2 aliphatic rings. The molecule has 0 unspecified atom stereocenters. The van der Waals surface area contributed by atoms with Crippen molar-refractivity contribution in [2.75, 3.05) is 32.7 Å². The fourth-order valence-electron chi connectivity index (χ4n) is 5.48. The molecular formula is C29H31N5O6. The lowest BCUT2D eigenvalue weighted by Crippen LogP contribution is -2.72. The molecule has 11 nitrogen and oxygen atoms in total. The molecule has 0 spiro atoms. The number of carbonyl (C=O) groups excluding carboxylic acids is 3. The number of aromatic nitrogens is 1. The van der Waals surface area contributed by atoms with Crippen molar-refractivity contribution in [3.63, 3.8) is 0 Å². The van der Waals surface area contributed by atoms with Crippen LogP contribution in [0, 0.1) is 6.92 Å². The molecule has 2 saturated heterocycles. The van der Waals surface area contributed by atoms with E-state index in [2.05, 4.69) is 20.5 Å². The Hall–Kier alpha value is -4.35. The van der Waals surface area contributed by atoms with Crippen LogP contribution in [0.3, 0.4) is 0 Å². The zero-order chi connectivity index (χ0) is 28.3. The first-order chi connectivity index (χ1) is 19.3. The molecule has 208 valence electrons. The Bertz CT molecular complexity index is 1430. The van der Waals surface area contributed by atoms with Gasteiger partial charge in [-0.25, -0.2) is 4.79 Å². The Morgan fingerprint density at radius 1 is 1.00 bits per heavy atom. The van der Waals surface area contributed by atoms with Crippen LogP contribution in [0.5, 0.6) is 5.75 Å². The zero-order valence-electron chi connectivity index (χ0n) is 22.2. The summed E-state index contributed by atoms with van der Waals surface area (Å²) in [5.74, 6) is -1.68. The van der Waals surface area contributed by atoms with Crippen LogP contribution >= 0.6 is 0 Å². The van der Waals surface area contributed by atoms with Crippen molar-refractivity contribution in [2.45, 2.75) is 31.9 Å². The molecule has 2 fully saturated rings. The number of aryl methyl sites for hydroxylation is 1. The Morgan fingerprint density at radius 3 is 2.35 bits per heavy atom. The fraction of sp³-hybridized carbons (Fsp3) is 0.345. The number of carboxylic acid groups (broad SMARTS) is 1. The first-order valence-electron chi connectivity index (χ1n) is 13.2. The van der Waals surface area contributed by atoms with Gasteiger partial charge in [-0.15, -0.1) is 0 Å². The number of nitrogens with zero attached hydrogens (tertiary/aromatic N) is 3. The van der Waals surface area contributed by atoms with Gasteiger partial charge in [0.25, 0.3) is 11.8 Å². The number of para-hydroxylation sites is 1. The highest BCUT2D eigenvalue weighted by Gasteiger charge is 2.56. The molecule has 3 aromatic rings. The van der Waals surface area contributed by atoms with E-state index in [-0.39, 0.29) is 6.42 Å². The molecule has 4 amide bonds. The van der Waals surface area contributed by atoms with Crippen molar-refractivity contribution in [2.24, 2.45) is 0 Å². The minimum Gasteiger partial charge on any atom is -0.489 e. The third kappa shape index (κ3) is 5.38. The van der Waals surface area contributed by atoms with Crippen LogP contribution in [0.15, 0.2) is 54.6 Å². The largest absolute Gasteiger partial charge is 0.489 e. The average Bonchev–Trinajstić information content (AvgIpc) is 2.92. The normalized spacial score (nSPS) is 17.9. The number of carbonyl (C=O) groups is 4. The van der Waals surface area contributed by atoms with Gasteiger partial charge in [0.1, 0.15) is 12.4 Å². The Morgan fingerprint density at radius 2 is 1.68 bits per heavy atom. The number of piperazine rings is 1. The van der Waals surface area contributed by atoms with E-state index < -0.39 is 29.4 Å². The maximum Gasteiger partial charge on any atom is 0.328 e. The fourth-order valence-corrected chi connectivity index (χ4v) is 5.48. The van der Waals surface area contributed by atoms with Crippen LogP contribution in [0.25, 0.3) is 10.9 Å². The molecule has 0 atom stereocenters. The summed E-state index contributed by atoms with van der Waals surface area (Å²) in [5.41, 5.74) is 1.48. The molecule has 0 bridgehead atoms. The van der Waals surface area contributed by atoms with Crippen LogP contribution in [0.1, 0.15) is 29.7 Å². The van der Waals surface area contributed by atoms with Crippen molar-refractivity contribution in [1.29, 1.82) is 0 Å². The molecule has 40 heavy (non-hydrogen) atoms. The highest BCUT2D eigenvalue weighted by Crippen LogP contribution is 2.34. The number of imide groups is 2. The van der Waals surface area contributed by atoms with E-state index in [9.17, 15) is 19.2 Å². The number of amides is 4. The second-order valence-corrected chi connectivity index (χ2v) is 10.0. The second kappa shape index (κ2) is 11.4. The van der Waals surface area contributed by atoms with E-state index in [1.54, 1.807) is 29.2 Å². The molecule has 0 radical (unpaired) electrons. The summed E-state index contributed by atoms with van der Waals surface area (Å²) >= 11 is 0. The number of benzene rings is 2. The number of barbiturate groups is 1. The third-order valence-electron chi connectivity index (χ3n) is 7.42. The second-order valence-electron chi connectivity index (χ2n) is 10.0. The molecule has 3 heterocycles. The summed E-state index contributed by atoms with van der Waals surface area (Å²) in [6, 6.07) is 15.8. The van der Waals surface area contributed by atoms with E-state index in [0.29, 0.717) is 57.1 Å². The molecule has 1 aromatic heterocycles. The maximum absolute atomic E-state index is 13.4. The van der Waals surface area contributed by atoms with Crippen LogP contribution in [-0.4, -0.2) is 76.4 Å². The van der Waals surface area contributed by atoms with Gasteiger partial charge in [-0.3, -0.25) is 34.9 Å². The minimum absolute atomic E-state index is 0.0858. The number of fused-ring (bicyclic) bond motifs is 1. The van der Waals surface area contributed by atoms with E-state index in [1.807, 2.05) is 37.3 Å². The number of urea groups is 1. The lowest BCUT2D eigenvalue weighted by atomic mass is 9.84. The van der Waals surface area contributed by atoms with Gasteiger partial charge >= 0.3 is 12.0 Å². The highest BCUT2D eigenvalue weighted by molar-refractivity contribution is 6.22. The summed E-state index contributed by atoms with van der Waals surface area (Å²) in [7, 11) is 0. The van der Waals surface area contributed by atoms with Crippen LogP contribution in [-0.2, 0) is 26.5 Å². The number of rotatable bonds is 9. The zero-order valence-corrected chi connectivity index (χ0v) is 22.2. The van der Waals surface area contributed by atoms with E-state index in [1.165, 1.54) is 0 Å². The van der Waals surface area contributed by atoms with Gasteiger partial charge < -0.3 is 14.7 Å². The SMILES string of the molecule is Cc1cc(COc2ccc(C3(N4CCN(CCCC(=O)O)CC4)C(=O)NC(=O)NC3=O)cc2)c2ccccc2n1. The number of carboxylic acids is 1. The lowest BCUT2D eigenvalue weighted by molar-refractivity contribution is -0.150. The van der Waals surface area contributed by atoms with Crippen molar-refractivity contribution < 1.29 is 29.0 Å². The summed E-state index contributed by atoms with van der Waals surface area (Å²) < 4.78 is 6.07. The van der Waals surface area contributed by atoms with Gasteiger partial charge in [0.2, 0.25) is 5.54 Å². The number of hydrogen-bond donors (Lipinski definition) is 3. The van der Waals surface area contributed by atoms with Gasteiger partial charge in [0.15, 0.2) is 0 Å². The topological polar surface area (TPSA) is 141 Å². The van der Waals surface area contributed by atoms with Crippen LogP contribution in [0.4, 0.5) is 4.79 Å². The van der Waals surface area contributed by atoms with Crippen molar-refractivity contribution in [1.82, 2.24) is 25.4 Å². The van der Waals surface area contributed by atoms with Gasteiger partial charge in [-0.1, -0.05) is 30.3 Å². The van der Waals surface area contributed by atoms with Crippen molar-refractivity contribution >= 4 is 34.7 Å². The molecule has 2 aromatic carbocycles. The van der Waals surface area contributed by atoms with E-state index in [0.717, 1.165) is 22.2 Å². The lowest BCUT2D eigenvalue weighted by Gasteiger charge is -2.46. The average molecular weight is 546 g/mol. The number of hydrogen-bond acceptors (Lipinski definition) is 8. The standard InChI is InChI=1S/C29H31N5O6/c1-19-17-20(23-5-2-3-6-24(23)30-19)18-40-22-10-8-21(9-11-22)29(26(37)31-28(39)32-27(29)38)34-15-13-33(14-16-34)12-4-7-25(35)36/h2-3,5-6,8-11,17H,4,7,12-16,18H2,1H3,(H,35,36)(H2,31,32,37,38,39). The maximum atomic E-state index is 13.4. The number of pyridine rings is 1. The van der Waals surface area contributed by atoms with Crippen LogP contribution < -0.4 is 15.4 Å².